The van der Waals surface area contributed by atoms with Crippen molar-refractivity contribution in [1.82, 2.24) is 5.32 Å². The summed E-state index contributed by atoms with van der Waals surface area (Å²) in [6, 6.07) is 5.18. The van der Waals surface area contributed by atoms with Crippen molar-refractivity contribution in [3.8, 4) is 0 Å². The van der Waals surface area contributed by atoms with Gasteiger partial charge in [0.1, 0.15) is 0 Å². The second kappa shape index (κ2) is 6.39. The highest BCUT2D eigenvalue weighted by molar-refractivity contribution is 5.26. The molecule has 1 rings (SSSR count). The van der Waals surface area contributed by atoms with Crippen LogP contribution in [-0.2, 0) is 6.18 Å². The van der Waals surface area contributed by atoms with Crippen LogP contribution in [0, 0.1) is 0 Å². The highest BCUT2D eigenvalue weighted by Crippen LogP contribution is 2.29. The molecule has 0 spiro atoms. The topological polar surface area (TPSA) is 32.3 Å². The van der Waals surface area contributed by atoms with Crippen molar-refractivity contribution in [3.63, 3.8) is 0 Å². The maximum absolute atomic E-state index is 12.4. The lowest BCUT2D eigenvalue weighted by molar-refractivity contribution is -0.137. The SMILES string of the molecule is CC(O)CC(C)NC(C)c1ccc(C(F)(F)F)cc1. The van der Waals surface area contributed by atoms with E-state index < -0.39 is 17.8 Å². The lowest BCUT2D eigenvalue weighted by Crippen LogP contribution is -2.31. The molecule has 0 radical (unpaired) electrons. The number of alkyl halides is 3. The highest BCUT2D eigenvalue weighted by Gasteiger charge is 2.30. The molecule has 3 unspecified atom stereocenters. The van der Waals surface area contributed by atoms with Crippen molar-refractivity contribution in [1.29, 1.82) is 0 Å². The summed E-state index contributed by atoms with van der Waals surface area (Å²) >= 11 is 0. The molecule has 1 aromatic carbocycles. The van der Waals surface area contributed by atoms with Gasteiger partial charge in [-0.15, -0.1) is 0 Å². The third-order valence-corrected chi connectivity index (χ3v) is 2.97. The number of hydrogen-bond acceptors (Lipinski definition) is 2. The molecule has 0 fully saturated rings. The molecule has 1 aromatic rings. The number of aliphatic hydroxyl groups excluding tert-OH is 1. The largest absolute Gasteiger partial charge is 0.416 e. The summed E-state index contributed by atoms with van der Waals surface area (Å²) in [5, 5.41) is 12.5. The lowest BCUT2D eigenvalue weighted by Gasteiger charge is -2.21. The Hall–Kier alpha value is -1.07. The predicted octanol–water partition coefficient (Wildman–Crippen LogP) is 3.52. The van der Waals surface area contributed by atoms with E-state index in [2.05, 4.69) is 5.32 Å². The van der Waals surface area contributed by atoms with Gasteiger partial charge in [-0.3, -0.25) is 0 Å². The van der Waals surface area contributed by atoms with Gasteiger partial charge >= 0.3 is 6.18 Å². The zero-order chi connectivity index (χ0) is 14.6. The first-order chi connectivity index (χ1) is 8.70. The molecule has 2 nitrogen and oxygen atoms in total. The van der Waals surface area contributed by atoms with Gasteiger partial charge in [0.05, 0.1) is 11.7 Å². The number of rotatable bonds is 5. The van der Waals surface area contributed by atoms with E-state index in [-0.39, 0.29) is 12.1 Å². The van der Waals surface area contributed by atoms with E-state index in [0.717, 1.165) is 17.7 Å². The maximum atomic E-state index is 12.4. The van der Waals surface area contributed by atoms with Crippen molar-refractivity contribution in [3.05, 3.63) is 35.4 Å². The normalized spacial score (nSPS) is 17.0. The van der Waals surface area contributed by atoms with E-state index in [1.807, 2.05) is 13.8 Å². The van der Waals surface area contributed by atoms with Crippen LogP contribution >= 0.6 is 0 Å². The summed E-state index contributed by atoms with van der Waals surface area (Å²) in [6.07, 6.45) is -4.10. The van der Waals surface area contributed by atoms with Gasteiger partial charge in [-0.05, 0) is 44.9 Å². The second-order valence-corrected chi connectivity index (χ2v) is 4.99. The minimum absolute atomic E-state index is 0.0592. The average molecular weight is 275 g/mol. The third kappa shape index (κ3) is 5.20. The number of benzene rings is 1. The van der Waals surface area contributed by atoms with Crippen molar-refractivity contribution in [2.45, 2.75) is 51.6 Å². The summed E-state index contributed by atoms with van der Waals surface area (Å²) in [4.78, 5) is 0. The minimum atomic E-state index is -4.30. The van der Waals surface area contributed by atoms with Crippen molar-refractivity contribution >= 4 is 0 Å². The van der Waals surface area contributed by atoms with E-state index in [9.17, 15) is 18.3 Å². The summed E-state index contributed by atoms with van der Waals surface area (Å²) < 4.78 is 37.3. The molecule has 19 heavy (non-hydrogen) atoms. The number of nitrogens with one attached hydrogen (secondary N) is 1. The number of hydrogen-bond donors (Lipinski definition) is 2. The molecule has 0 saturated heterocycles. The Labute approximate surface area is 111 Å². The van der Waals surface area contributed by atoms with Crippen LogP contribution in [0.2, 0.25) is 0 Å². The van der Waals surface area contributed by atoms with Gasteiger partial charge in [-0.1, -0.05) is 12.1 Å². The van der Waals surface area contributed by atoms with Gasteiger partial charge < -0.3 is 10.4 Å². The first-order valence-electron chi connectivity index (χ1n) is 6.31. The summed E-state index contributed by atoms with van der Waals surface area (Å²) in [5.74, 6) is 0. The third-order valence-electron chi connectivity index (χ3n) is 2.97. The second-order valence-electron chi connectivity index (χ2n) is 4.99. The smallest absolute Gasteiger partial charge is 0.393 e. The van der Waals surface area contributed by atoms with Crippen LogP contribution in [0.5, 0.6) is 0 Å². The quantitative estimate of drug-likeness (QED) is 0.861. The Bertz CT molecular complexity index is 387. The Balaban J connectivity index is 2.65. The van der Waals surface area contributed by atoms with E-state index in [4.69, 9.17) is 0 Å². The van der Waals surface area contributed by atoms with E-state index in [0.29, 0.717) is 6.42 Å². The molecule has 0 saturated carbocycles. The monoisotopic (exact) mass is 275 g/mol. The van der Waals surface area contributed by atoms with Crippen LogP contribution < -0.4 is 5.32 Å². The molecule has 5 heteroatoms. The molecule has 0 amide bonds. The molecule has 0 aliphatic heterocycles. The molecule has 0 aromatic heterocycles. The number of halogens is 3. The fourth-order valence-electron chi connectivity index (χ4n) is 2.06. The molecule has 0 heterocycles. The minimum Gasteiger partial charge on any atom is -0.393 e. The van der Waals surface area contributed by atoms with Crippen LogP contribution in [0.15, 0.2) is 24.3 Å². The molecule has 108 valence electrons. The Morgan fingerprint density at radius 3 is 2.05 bits per heavy atom. The van der Waals surface area contributed by atoms with Crippen molar-refractivity contribution in [2.75, 3.05) is 0 Å². The molecular formula is C14H20F3NO. The van der Waals surface area contributed by atoms with Crippen LogP contribution in [0.4, 0.5) is 13.2 Å². The molecule has 0 aliphatic carbocycles. The van der Waals surface area contributed by atoms with Crippen molar-refractivity contribution < 1.29 is 18.3 Å². The van der Waals surface area contributed by atoms with Gasteiger partial charge in [0.2, 0.25) is 0 Å². The van der Waals surface area contributed by atoms with Crippen molar-refractivity contribution in [2.24, 2.45) is 0 Å². The van der Waals surface area contributed by atoms with E-state index in [1.165, 1.54) is 12.1 Å². The Morgan fingerprint density at radius 2 is 1.63 bits per heavy atom. The van der Waals surface area contributed by atoms with Gasteiger partial charge in [0.15, 0.2) is 0 Å². The Morgan fingerprint density at radius 1 is 1.11 bits per heavy atom. The predicted molar refractivity (Wildman–Crippen MR) is 68.8 cm³/mol. The van der Waals surface area contributed by atoms with Crippen LogP contribution in [-0.4, -0.2) is 17.3 Å². The first-order valence-corrected chi connectivity index (χ1v) is 6.31. The Kier molecular flexibility index (Phi) is 5.38. The maximum Gasteiger partial charge on any atom is 0.416 e. The van der Waals surface area contributed by atoms with Crippen LogP contribution in [0.25, 0.3) is 0 Å². The zero-order valence-corrected chi connectivity index (χ0v) is 11.3. The van der Waals surface area contributed by atoms with Gasteiger partial charge in [0, 0.05) is 12.1 Å². The summed E-state index contributed by atoms with van der Waals surface area (Å²) in [5.41, 5.74) is 0.158. The fourth-order valence-corrected chi connectivity index (χ4v) is 2.06. The highest BCUT2D eigenvalue weighted by atomic mass is 19.4. The van der Waals surface area contributed by atoms with E-state index in [1.54, 1.807) is 6.92 Å². The van der Waals surface area contributed by atoms with Gasteiger partial charge in [-0.2, -0.15) is 13.2 Å². The average Bonchev–Trinajstić information content (AvgIpc) is 2.26. The molecule has 0 aliphatic rings. The van der Waals surface area contributed by atoms with Crippen LogP contribution in [0.3, 0.4) is 0 Å². The molecule has 0 bridgehead atoms. The van der Waals surface area contributed by atoms with Gasteiger partial charge in [0.25, 0.3) is 0 Å². The fraction of sp³-hybridized carbons (Fsp3) is 0.571. The molecular weight excluding hydrogens is 255 g/mol. The summed E-state index contributed by atoms with van der Waals surface area (Å²) in [6.45, 7) is 5.54. The van der Waals surface area contributed by atoms with Gasteiger partial charge in [-0.25, -0.2) is 0 Å². The van der Waals surface area contributed by atoms with Crippen LogP contribution in [0.1, 0.15) is 44.4 Å². The molecule has 2 N–H and O–H groups in total. The zero-order valence-electron chi connectivity index (χ0n) is 11.3. The number of aliphatic hydroxyl groups is 1. The lowest BCUT2D eigenvalue weighted by atomic mass is 10.0. The standard InChI is InChI=1S/C14H20F3NO/c1-9(8-10(2)19)18-11(3)12-4-6-13(7-5-12)14(15,16)17/h4-7,9-11,18-19H,8H2,1-3H3. The molecule has 3 atom stereocenters. The first kappa shape index (κ1) is 16.0. The summed E-state index contributed by atoms with van der Waals surface area (Å²) in [7, 11) is 0. The van der Waals surface area contributed by atoms with E-state index >= 15 is 0 Å².